The number of H-pyrrole nitrogens is 1. The van der Waals surface area contributed by atoms with Gasteiger partial charge in [-0.2, -0.15) is 23.3 Å². The Labute approximate surface area is 234 Å². The van der Waals surface area contributed by atoms with E-state index in [9.17, 15) is 18.0 Å². The second-order valence-electron chi connectivity index (χ2n) is 10.3. The van der Waals surface area contributed by atoms with E-state index in [0.29, 0.717) is 28.9 Å². The lowest BCUT2D eigenvalue weighted by Crippen LogP contribution is -2.46. The molecule has 0 radical (unpaired) electrons. The van der Waals surface area contributed by atoms with Crippen molar-refractivity contribution < 1.29 is 18.0 Å². The molecule has 9 nitrogen and oxygen atoms in total. The van der Waals surface area contributed by atoms with E-state index in [1.807, 2.05) is 24.3 Å². The Hall–Kier alpha value is -4.45. The summed E-state index contributed by atoms with van der Waals surface area (Å²) in [4.78, 5) is 26.2. The van der Waals surface area contributed by atoms with Crippen LogP contribution in [0.1, 0.15) is 45.9 Å². The average Bonchev–Trinajstić information content (AvgIpc) is 3.72. The van der Waals surface area contributed by atoms with Crippen molar-refractivity contribution >= 4 is 29.2 Å². The number of carbonyl (C=O) groups is 1. The number of benzene rings is 2. The molecule has 3 N–H and O–H groups in total. The van der Waals surface area contributed by atoms with Gasteiger partial charge in [0.25, 0.3) is 5.91 Å². The number of nitrogens with one attached hydrogen (secondary N) is 3. The minimum absolute atomic E-state index is 0.305. The Morgan fingerprint density at radius 3 is 2.37 bits per heavy atom. The third-order valence-electron chi connectivity index (χ3n) is 7.26. The van der Waals surface area contributed by atoms with Gasteiger partial charge in [-0.05, 0) is 60.9 Å². The Morgan fingerprint density at radius 1 is 0.951 bits per heavy atom. The van der Waals surface area contributed by atoms with Crippen LogP contribution >= 0.6 is 0 Å². The molecule has 0 spiro atoms. The van der Waals surface area contributed by atoms with Crippen LogP contribution in [0, 0.1) is 0 Å². The number of hydrogen-bond acceptors (Lipinski definition) is 7. The zero-order valence-electron chi connectivity index (χ0n) is 22.2. The number of piperazine rings is 1. The molecule has 2 aromatic heterocycles. The van der Waals surface area contributed by atoms with Crippen LogP contribution in [-0.4, -0.2) is 57.2 Å². The average molecular weight is 563 g/mol. The van der Waals surface area contributed by atoms with E-state index in [2.05, 4.69) is 40.6 Å². The summed E-state index contributed by atoms with van der Waals surface area (Å²) < 4.78 is 38.2. The molecule has 0 unspecified atom stereocenters. The lowest BCUT2D eigenvalue weighted by Gasteiger charge is -2.34. The first-order valence-electron chi connectivity index (χ1n) is 13.5. The van der Waals surface area contributed by atoms with E-state index in [4.69, 9.17) is 0 Å². The lowest BCUT2D eigenvalue weighted by atomic mass is 10.1. The highest BCUT2D eigenvalue weighted by Gasteiger charge is 2.30. The Kier molecular flexibility index (Phi) is 7.31. The molecule has 1 saturated heterocycles. The SMILES string of the molecule is O=C(Nc1ccc(C(F)(F)F)cc1)c1ccc(CN2CCN(c3nccc(Nc4cc(C5CC5)[nH]n4)n3)CC2)cc1. The van der Waals surface area contributed by atoms with E-state index in [-0.39, 0.29) is 5.91 Å². The first-order valence-corrected chi connectivity index (χ1v) is 13.5. The summed E-state index contributed by atoms with van der Waals surface area (Å²) >= 11 is 0. The number of aromatic amines is 1. The van der Waals surface area contributed by atoms with Gasteiger partial charge in [0.05, 0.1) is 5.56 Å². The van der Waals surface area contributed by atoms with Gasteiger partial charge in [-0.15, -0.1) is 0 Å². The van der Waals surface area contributed by atoms with Gasteiger partial charge in [0.2, 0.25) is 5.95 Å². The quantitative estimate of drug-likeness (QED) is 0.264. The van der Waals surface area contributed by atoms with Crippen molar-refractivity contribution in [3.8, 4) is 0 Å². The molecule has 1 aliphatic heterocycles. The standard InChI is InChI=1S/C29H29F3N8O/c30-29(31,32)22-7-9-23(10-8-22)34-27(41)21-3-1-19(2-4-21)18-39-13-15-40(16-14-39)28-33-12-11-25(36-28)35-26-17-24(37-38-26)20-5-6-20/h1-4,7-12,17,20H,5-6,13-16,18H2,(H,34,41)(H2,33,35,36,37,38). The molecule has 1 aliphatic carbocycles. The highest BCUT2D eigenvalue weighted by molar-refractivity contribution is 6.04. The lowest BCUT2D eigenvalue weighted by molar-refractivity contribution is -0.137. The number of aromatic nitrogens is 4. The fraction of sp³-hybridized carbons (Fsp3) is 0.310. The normalized spacial score (nSPS) is 16.0. The van der Waals surface area contributed by atoms with Gasteiger partial charge in [-0.3, -0.25) is 14.8 Å². The third kappa shape index (κ3) is 6.65. The molecule has 0 bridgehead atoms. The molecule has 6 rings (SSSR count). The summed E-state index contributed by atoms with van der Waals surface area (Å²) in [6.45, 7) is 3.97. The van der Waals surface area contributed by atoms with Crippen LogP contribution in [0.3, 0.4) is 0 Å². The monoisotopic (exact) mass is 562 g/mol. The van der Waals surface area contributed by atoms with E-state index in [1.165, 1.54) is 25.0 Å². The van der Waals surface area contributed by atoms with Crippen molar-refractivity contribution in [1.29, 1.82) is 0 Å². The van der Waals surface area contributed by atoms with Crippen LogP contribution in [-0.2, 0) is 12.7 Å². The van der Waals surface area contributed by atoms with Crippen LogP contribution < -0.4 is 15.5 Å². The second-order valence-corrected chi connectivity index (χ2v) is 10.3. The van der Waals surface area contributed by atoms with Gasteiger partial charge in [0.1, 0.15) is 5.82 Å². The first kappa shape index (κ1) is 26.8. The van der Waals surface area contributed by atoms with Crippen molar-refractivity contribution in [2.75, 3.05) is 41.7 Å². The minimum Gasteiger partial charge on any atom is -0.338 e. The van der Waals surface area contributed by atoms with E-state index in [0.717, 1.165) is 61.9 Å². The number of hydrogen-bond donors (Lipinski definition) is 3. The molecule has 41 heavy (non-hydrogen) atoms. The molecule has 2 aliphatic rings. The number of alkyl halides is 3. The minimum atomic E-state index is -4.41. The van der Waals surface area contributed by atoms with Crippen LogP contribution in [0.15, 0.2) is 66.9 Å². The molecule has 3 heterocycles. The van der Waals surface area contributed by atoms with E-state index >= 15 is 0 Å². The van der Waals surface area contributed by atoms with Crippen molar-refractivity contribution in [2.45, 2.75) is 31.5 Å². The van der Waals surface area contributed by atoms with E-state index in [1.54, 1.807) is 18.3 Å². The van der Waals surface area contributed by atoms with E-state index < -0.39 is 11.7 Å². The van der Waals surface area contributed by atoms with Gasteiger partial charge < -0.3 is 15.5 Å². The molecular formula is C29H29F3N8O. The van der Waals surface area contributed by atoms with Crippen molar-refractivity contribution in [1.82, 2.24) is 25.1 Å². The second kappa shape index (κ2) is 11.2. The predicted octanol–water partition coefficient (Wildman–Crippen LogP) is 5.41. The number of rotatable bonds is 8. The van der Waals surface area contributed by atoms with Crippen molar-refractivity contribution in [3.05, 3.63) is 89.2 Å². The van der Waals surface area contributed by atoms with Gasteiger partial charge in [-0.25, -0.2) is 4.98 Å². The Morgan fingerprint density at radius 2 is 1.68 bits per heavy atom. The fourth-order valence-electron chi connectivity index (χ4n) is 4.78. The van der Waals surface area contributed by atoms with Gasteiger partial charge >= 0.3 is 6.18 Å². The summed E-state index contributed by atoms with van der Waals surface area (Å²) in [7, 11) is 0. The molecule has 0 atom stereocenters. The predicted molar refractivity (Wildman–Crippen MR) is 149 cm³/mol. The zero-order valence-corrected chi connectivity index (χ0v) is 22.2. The fourth-order valence-corrected chi connectivity index (χ4v) is 4.78. The van der Waals surface area contributed by atoms with Crippen LogP contribution in [0.4, 0.5) is 36.4 Å². The number of nitrogens with zero attached hydrogens (tertiary/aromatic N) is 5. The molecule has 1 amide bonds. The number of amides is 1. The highest BCUT2D eigenvalue weighted by atomic mass is 19.4. The van der Waals surface area contributed by atoms with Crippen LogP contribution in [0.2, 0.25) is 0 Å². The molecular weight excluding hydrogens is 533 g/mol. The van der Waals surface area contributed by atoms with Crippen LogP contribution in [0.25, 0.3) is 0 Å². The van der Waals surface area contributed by atoms with Gasteiger partial charge in [0, 0.05) is 67.8 Å². The first-order chi connectivity index (χ1) is 19.8. The maximum Gasteiger partial charge on any atom is 0.416 e. The topological polar surface area (TPSA) is 102 Å². The third-order valence-corrected chi connectivity index (χ3v) is 7.26. The Bertz CT molecular complexity index is 1490. The number of halogens is 3. The number of anilines is 4. The number of carbonyl (C=O) groups excluding carboxylic acids is 1. The summed E-state index contributed by atoms with van der Waals surface area (Å²) in [6.07, 6.45) is -0.243. The maximum absolute atomic E-state index is 12.7. The van der Waals surface area contributed by atoms with Gasteiger partial charge in [-0.1, -0.05) is 12.1 Å². The highest BCUT2D eigenvalue weighted by Crippen LogP contribution is 2.39. The molecule has 4 aromatic rings. The summed E-state index contributed by atoms with van der Waals surface area (Å²) in [6, 6.07) is 15.5. The van der Waals surface area contributed by atoms with Gasteiger partial charge in [0.15, 0.2) is 5.82 Å². The molecule has 1 saturated carbocycles. The van der Waals surface area contributed by atoms with Crippen molar-refractivity contribution in [3.63, 3.8) is 0 Å². The molecule has 2 aromatic carbocycles. The molecule has 212 valence electrons. The zero-order chi connectivity index (χ0) is 28.4. The largest absolute Gasteiger partial charge is 0.416 e. The smallest absolute Gasteiger partial charge is 0.338 e. The van der Waals surface area contributed by atoms with Crippen molar-refractivity contribution in [2.24, 2.45) is 0 Å². The van der Waals surface area contributed by atoms with Crippen LogP contribution in [0.5, 0.6) is 0 Å². The molecule has 2 fully saturated rings. The summed E-state index contributed by atoms with van der Waals surface area (Å²) in [5, 5.41) is 13.3. The Balaban J connectivity index is 0.985. The molecule has 12 heteroatoms. The maximum atomic E-state index is 12.7. The summed E-state index contributed by atoms with van der Waals surface area (Å²) in [5.41, 5.74) is 2.21. The summed E-state index contributed by atoms with van der Waals surface area (Å²) in [5.74, 6) is 2.36.